The molecule has 0 aliphatic heterocycles. The van der Waals surface area contributed by atoms with Crippen molar-refractivity contribution in [3.63, 3.8) is 0 Å². The van der Waals surface area contributed by atoms with Crippen LogP contribution in [0.5, 0.6) is 11.5 Å². The molecule has 1 aromatic rings. The zero-order valence-corrected chi connectivity index (χ0v) is 15.8. The standard InChI is InChI=1S/C19H28N2O5/c1-5-21(11-18(22)23)14-8-13(9-14)20-19(24)16-7-6-15(25-4)10-17(16)26-12(2)3/h6-7,10,12-14H,5,8-9,11H2,1-4H3,(H,20,24)(H,22,23). The third-order valence-electron chi connectivity index (χ3n) is 4.51. The van der Waals surface area contributed by atoms with Gasteiger partial charge in [0.2, 0.25) is 0 Å². The lowest BCUT2D eigenvalue weighted by Gasteiger charge is -2.42. The Bertz CT molecular complexity index is 641. The van der Waals surface area contributed by atoms with Crippen LogP contribution < -0.4 is 14.8 Å². The number of ether oxygens (including phenoxy) is 2. The number of hydrogen-bond donors (Lipinski definition) is 2. The highest BCUT2D eigenvalue weighted by atomic mass is 16.5. The molecular formula is C19H28N2O5. The number of amides is 1. The Hall–Kier alpha value is -2.28. The average Bonchev–Trinajstić information content (AvgIpc) is 2.54. The second kappa shape index (κ2) is 8.89. The summed E-state index contributed by atoms with van der Waals surface area (Å²) in [5.74, 6) is 0.114. The Kier molecular flexibility index (Phi) is 6.85. The second-order valence-electron chi connectivity index (χ2n) is 6.78. The van der Waals surface area contributed by atoms with Crippen LogP contribution >= 0.6 is 0 Å². The molecule has 2 rings (SSSR count). The molecule has 0 unspecified atom stereocenters. The SMILES string of the molecule is CCN(CC(=O)O)C1CC(NC(=O)c2ccc(OC)cc2OC(C)C)C1. The van der Waals surface area contributed by atoms with E-state index in [4.69, 9.17) is 14.6 Å². The van der Waals surface area contributed by atoms with Crippen LogP contribution in [-0.2, 0) is 4.79 Å². The Labute approximate surface area is 154 Å². The van der Waals surface area contributed by atoms with E-state index in [0.29, 0.717) is 23.6 Å². The van der Waals surface area contributed by atoms with Crippen molar-refractivity contribution >= 4 is 11.9 Å². The van der Waals surface area contributed by atoms with E-state index in [1.54, 1.807) is 25.3 Å². The minimum atomic E-state index is -0.826. The summed E-state index contributed by atoms with van der Waals surface area (Å²) in [5, 5.41) is 12.0. The molecule has 0 bridgehead atoms. The fourth-order valence-electron chi connectivity index (χ4n) is 3.11. The molecule has 26 heavy (non-hydrogen) atoms. The van der Waals surface area contributed by atoms with Crippen LogP contribution in [-0.4, -0.2) is 60.3 Å². The number of nitrogens with zero attached hydrogens (tertiary/aromatic N) is 1. The Morgan fingerprint density at radius 3 is 2.58 bits per heavy atom. The fourth-order valence-corrected chi connectivity index (χ4v) is 3.11. The highest BCUT2D eigenvalue weighted by Crippen LogP contribution is 2.29. The van der Waals surface area contributed by atoms with Crippen molar-refractivity contribution < 1.29 is 24.2 Å². The molecule has 144 valence electrons. The molecule has 1 aliphatic rings. The summed E-state index contributed by atoms with van der Waals surface area (Å²) in [6, 6.07) is 5.39. The van der Waals surface area contributed by atoms with Crippen molar-refractivity contribution in [1.29, 1.82) is 0 Å². The van der Waals surface area contributed by atoms with Crippen LogP contribution in [0.25, 0.3) is 0 Å². The minimum Gasteiger partial charge on any atom is -0.497 e. The first-order valence-electron chi connectivity index (χ1n) is 8.95. The number of benzene rings is 1. The van der Waals surface area contributed by atoms with Crippen molar-refractivity contribution in [3.05, 3.63) is 23.8 Å². The van der Waals surface area contributed by atoms with Crippen molar-refractivity contribution in [2.75, 3.05) is 20.2 Å². The summed E-state index contributed by atoms with van der Waals surface area (Å²) < 4.78 is 11.0. The molecular weight excluding hydrogens is 336 g/mol. The molecule has 0 atom stereocenters. The molecule has 0 heterocycles. The van der Waals surface area contributed by atoms with Gasteiger partial charge in [-0.1, -0.05) is 6.92 Å². The molecule has 1 aromatic carbocycles. The van der Waals surface area contributed by atoms with Gasteiger partial charge < -0.3 is 19.9 Å². The molecule has 0 saturated heterocycles. The first-order valence-corrected chi connectivity index (χ1v) is 8.95. The molecule has 7 nitrogen and oxygen atoms in total. The van der Waals surface area contributed by atoms with Crippen molar-refractivity contribution in [2.24, 2.45) is 0 Å². The van der Waals surface area contributed by atoms with Gasteiger partial charge in [-0.15, -0.1) is 0 Å². The number of carbonyl (C=O) groups excluding carboxylic acids is 1. The van der Waals surface area contributed by atoms with Gasteiger partial charge in [-0.3, -0.25) is 14.5 Å². The summed E-state index contributed by atoms with van der Waals surface area (Å²) in [6.07, 6.45) is 1.45. The average molecular weight is 364 g/mol. The highest BCUT2D eigenvalue weighted by molar-refractivity contribution is 5.97. The summed E-state index contributed by atoms with van der Waals surface area (Å²) in [5.41, 5.74) is 0.473. The Balaban J connectivity index is 1.97. The number of rotatable bonds is 9. The third kappa shape index (κ3) is 5.11. The van der Waals surface area contributed by atoms with Gasteiger partial charge >= 0.3 is 5.97 Å². The zero-order chi connectivity index (χ0) is 19.3. The van der Waals surface area contributed by atoms with Gasteiger partial charge in [-0.2, -0.15) is 0 Å². The molecule has 2 N–H and O–H groups in total. The number of hydrogen-bond acceptors (Lipinski definition) is 5. The maximum Gasteiger partial charge on any atom is 0.317 e. The quantitative estimate of drug-likeness (QED) is 0.698. The predicted molar refractivity (Wildman–Crippen MR) is 97.9 cm³/mol. The van der Waals surface area contributed by atoms with Crippen LogP contribution in [0.4, 0.5) is 0 Å². The maximum atomic E-state index is 12.6. The van der Waals surface area contributed by atoms with E-state index in [1.807, 2.05) is 25.7 Å². The summed E-state index contributed by atoms with van der Waals surface area (Å²) in [4.78, 5) is 25.5. The van der Waals surface area contributed by atoms with E-state index in [9.17, 15) is 9.59 Å². The summed E-state index contributed by atoms with van der Waals surface area (Å²) in [7, 11) is 1.57. The number of aliphatic carboxylic acids is 1. The van der Waals surface area contributed by atoms with Gasteiger partial charge in [0, 0.05) is 18.2 Å². The number of likely N-dealkylation sites (N-methyl/N-ethyl adjacent to an activating group) is 1. The zero-order valence-electron chi connectivity index (χ0n) is 15.8. The van der Waals surface area contributed by atoms with E-state index in [-0.39, 0.29) is 30.6 Å². The number of nitrogens with one attached hydrogen (secondary N) is 1. The van der Waals surface area contributed by atoms with E-state index in [2.05, 4.69) is 5.32 Å². The normalized spacial score (nSPS) is 19.2. The second-order valence-corrected chi connectivity index (χ2v) is 6.78. The Morgan fingerprint density at radius 1 is 1.35 bits per heavy atom. The topological polar surface area (TPSA) is 88.1 Å². The largest absolute Gasteiger partial charge is 0.497 e. The van der Waals surface area contributed by atoms with Crippen LogP contribution in [0, 0.1) is 0 Å². The van der Waals surface area contributed by atoms with E-state index >= 15 is 0 Å². The molecule has 1 aliphatic carbocycles. The molecule has 7 heteroatoms. The third-order valence-corrected chi connectivity index (χ3v) is 4.51. The van der Waals surface area contributed by atoms with Crippen molar-refractivity contribution in [3.8, 4) is 11.5 Å². The first-order chi connectivity index (χ1) is 12.3. The minimum absolute atomic E-state index is 0.0344. The van der Waals surface area contributed by atoms with E-state index < -0.39 is 5.97 Å². The van der Waals surface area contributed by atoms with Crippen LogP contribution in [0.15, 0.2) is 18.2 Å². The van der Waals surface area contributed by atoms with Gasteiger partial charge in [0.25, 0.3) is 5.91 Å². The molecule has 1 amide bonds. The highest BCUT2D eigenvalue weighted by Gasteiger charge is 2.35. The summed E-state index contributed by atoms with van der Waals surface area (Å²) in [6.45, 7) is 6.47. The number of carboxylic acids is 1. The van der Waals surface area contributed by atoms with Gasteiger partial charge in [0.05, 0.1) is 25.3 Å². The van der Waals surface area contributed by atoms with E-state index in [0.717, 1.165) is 12.8 Å². The maximum absolute atomic E-state index is 12.6. The van der Waals surface area contributed by atoms with Gasteiger partial charge in [0.15, 0.2) is 0 Å². The fraction of sp³-hybridized carbons (Fsp3) is 0.579. The van der Waals surface area contributed by atoms with Crippen molar-refractivity contribution in [2.45, 2.75) is 51.8 Å². The Morgan fingerprint density at radius 2 is 2.04 bits per heavy atom. The summed E-state index contributed by atoms with van der Waals surface area (Å²) >= 11 is 0. The number of carbonyl (C=O) groups is 2. The lowest BCUT2D eigenvalue weighted by molar-refractivity contribution is -0.139. The monoisotopic (exact) mass is 364 g/mol. The molecule has 0 spiro atoms. The van der Waals surface area contributed by atoms with Crippen LogP contribution in [0.3, 0.4) is 0 Å². The number of carboxylic acid groups (broad SMARTS) is 1. The van der Waals surface area contributed by atoms with Gasteiger partial charge in [-0.05, 0) is 45.4 Å². The molecule has 1 fully saturated rings. The first kappa shape index (κ1) is 20.0. The molecule has 0 radical (unpaired) electrons. The van der Waals surface area contributed by atoms with E-state index in [1.165, 1.54) is 0 Å². The van der Waals surface area contributed by atoms with Crippen LogP contribution in [0.1, 0.15) is 44.0 Å². The predicted octanol–water partition coefficient (Wildman–Crippen LogP) is 2.15. The van der Waals surface area contributed by atoms with Crippen LogP contribution in [0.2, 0.25) is 0 Å². The molecule has 1 saturated carbocycles. The van der Waals surface area contributed by atoms with Gasteiger partial charge in [0.1, 0.15) is 11.5 Å². The lowest BCUT2D eigenvalue weighted by Crippen LogP contribution is -2.54. The smallest absolute Gasteiger partial charge is 0.317 e. The molecule has 0 aromatic heterocycles. The van der Waals surface area contributed by atoms with Crippen molar-refractivity contribution in [1.82, 2.24) is 10.2 Å². The lowest BCUT2D eigenvalue weighted by atomic mass is 9.85. The number of methoxy groups -OCH3 is 1. The van der Waals surface area contributed by atoms with Gasteiger partial charge in [-0.25, -0.2) is 0 Å².